The van der Waals surface area contributed by atoms with Gasteiger partial charge >= 0.3 is 0 Å². The van der Waals surface area contributed by atoms with Gasteiger partial charge in [0.05, 0.1) is 11.3 Å². The lowest BCUT2D eigenvalue weighted by molar-refractivity contribution is -0.120. The number of anilines is 2. The van der Waals surface area contributed by atoms with Crippen LogP contribution in [0.4, 0.5) is 11.4 Å². The molecule has 1 aliphatic heterocycles. The molecule has 33 heavy (non-hydrogen) atoms. The molecule has 3 aromatic carbocycles. The lowest BCUT2D eigenvalue weighted by Gasteiger charge is -2.25. The molecule has 3 aromatic rings. The fraction of sp³-hybridized carbons (Fsp3) is 0.241. The quantitative estimate of drug-likeness (QED) is 0.396. The molecule has 0 aromatic heterocycles. The van der Waals surface area contributed by atoms with Crippen LogP contribution in [0.15, 0.2) is 84.6 Å². The van der Waals surface area contributed by atoms with E-state index in [1.807, 2.05) is 97.6 Å². The van der Waals surface area contributed by atoms with E-state index < -0.39 is 0 Å². The van der Waals surface area contributed by atoms with E-state index in [1.54, 1.807) is 0 Å². The summed E-state index contributed by atoms with van der Waals surface area (Å²) < 4.78 is 0. The van der Waals surface area contributed by atoms with Gasteiger partial charge in [-0.15, -0.1) is 0 Å². The number of hydrogen-bond acceptors (Lipinski definition) is 3. The van der Waals surface area contributed by atoms with Crippen LogP contribution in [0, 0.1) is 6.92 Å². The Morgan fingerprint density at radius 3 is 2.06 bits per heavy atom. The monoisotopic (exact) mass is 438 g/mol. The number of benzene rings is 3. The maximum atomic E-state index is 13.8. The second kappa shape index (κ2) is 9.86. The fourth-order valence-corrected chi connectivity index (χ4v) is 4.25. The summed E-state index contributed by atoms with van der Waals surface area (Å²) in [6, 6.07) is 25.4. The van der Waals surface area contributed by atoms with Crippen LogP contribution in [0.25, 0.3) is 5.57 Å². The van der Waals surface area contributed by atoms with Gasteiger partial charge in [-0.1, -0.05) is 73.5 Å². The molecule has 168 valence electrons. The highest BCUT2D eigenvalue weighted by Gasteiger charge is 2.42. The van der Waals surface area contributed by atoms with Crippen LogP contribution in [0.3, 0.4) is 0 Å². The SMILES string of the molecule is CCCCc1ccc(N2C(=O)C(c3ccc(C)cc3)=C(N(CC)c3ccccc3)C2=O)cc1. The van der Waals surface area contributed by atoms with Gasteiger partial charge in [-0.2, -0.15) is 0 Å². The van der Waals surface area contributed by atoms with E-state index in [1.165, 1.54) is 10.5 Å². The van der Waals surface area contributed by atoms with Crippen LogP contribution in [0.2, 0.25) is 0 Å². The zero-order valence-electron chi connectivity index (χ0n) is 19.5. The van der Waals surface area contributed by atoms with Crippen molar-refractivity contribution >= 4 is 28.8 Å². The minimum absolute atomic E-state index is 0.283. The predicted molar refractivity (Wildman–Crippen MR) is 135 cm³/mol. The largest absolute Gasteiger partial charge is 0.337 e. The number of para-hydroxylation sites is 1. The van der Waals surface area contributed by atoms with E-state index in [0.717, 1.165) is 36.1 Å². The lowest BCUT2D eigenvalue weighted by Crippen LogP contribution is -2.35. The molecule has 0 saturated heterocycles. The Labute approximate surface area is 196 Å². The van der Waals surface area contributed by atoms with Gasteiger partial charge in [0.2, 0.25) is 0 Å². The average Bonchev–Trinajstić information content (AvgIpc) is 3.10. The molecule has 1 aliphatic rings. The molecule has 1 heterocycles. The number of imide groups is 1. The van der Waals surface area contributed by atoms with E-state index in [2.05, 4.69) is 6.92 Å². The molecule has 0 atom stereocenters. The van der Waals surface area contributed by atoms with E-state index in [9.17, 15) is 9.59 Å². The Balaban J connectivity index is 1.80. The van der Waals surface area contributed by atoms with Crippen LogP contribution >= 0.6 is 0 Å². The topological polar surface area (TPSA) is 40.6 Å². The molecule has 0 bridgehead atoms. The molecule has 0 saturated carbocycles. The van der Waals surface area contributed by atoms with Crippen molar-refractivity contribution in [2.45, 2.75) is 40.0 Å². The molecular formula is C29H30N2O2. The molecule has 0 N–H and O–H groups in total. The number of carbonyl (C=O) groups excluding carboxylic acids is 2. The number of hydrogen-bond donors (Lipinski definition) is 0. The molecule has 4 nitrogen and oxygen atoms in total. The van der Waals surface area contributed by atoms with Crippen molar-refractivity contribution in [1.29, 1.82) is 0 Å². The average molecular weight is 439 g/mol. The Bertz CT molecular complexity index is 1160. The summed E-state index contributed by atoms with van der Waals surface area (Å²) >= 11 is 0. The molecule has 0 aliphatic carbocycles. The number of rotatable bonds is 8. The highest BCUT2D eigenvalue weighted by Crippen LogP contribution is 2.36. The number of nitrogens with zero attached hydrogens (tertiary/aromatic N) is 2. The van der Waals surface area contributed by atoms with Crippen molar-refractivity contribution in [2.75, 3.05) is 16.3 Å². The molecule has 0 unspecified atom stereocenters. The van der Waals surface area contributed by atoms with Gasteiger partial charge in [0.1, 0.15) is 5.70 Å². The van der Waals surface area contributed by atoms with Gasteiger partial charge in [-0.05, 0) is 62.1 Å². The molecule has 0 radical (unpaired) electrons. The first kappa shape index (κ1) is 22.5. The number of carbonyl (C=O) groups is 2. The maximum absolute atomic E-state index is 13.8. The van der Waals surface area contributed by atoms with Gasteiger partial charge in [0, 0.05) is 12.2 Å². The fourth-order valence-electron chi connectivity index (χ4n) is 4.25. The van der Waals surface area contributed by atoms with Crippen LogP contribution in [0.1, 0.15) is 43.4 Å². The third-order valence-corrected chi connectivity index (χ3v) is 6.07. The number of unbranched alkanes of at least 4 members (excludes halogenated alkanes) is 1. The minimum atomic E-state index is -0.289. The molecule has 4 rings (SSSR count). The second-order valence-electron chi connectivity index (χ2n) is 8.39. The van der Waals surface area contributed by atoms with Gasteiger partial charge in [0.15, 0.2) is 0 Å². The van der Waals surface area contributed by atoms with Crippen LogP contribution in [0.5, 0.6) is 0 Å². The van der Waals surface area contributed by atoms with Crippen LogP contribution in [-0.2, 0) is 16.0 Å². The van der Waals surface area contributed by atoms with E-state index in [0.29, 0.717) is 23.5 Å². The molecular weight excluding hydrogens is 408 g/mol. The molecule has 2 amide bonds. The summed E-state index contributed by atoms with van der Waals surface area (Å²) in [5.41, 5.74) is 5.43. The zero-order chi connectivity index (χ0) is 23.4. The Morgan fingerprint density at radius 1 is 0.788 bits per heavy atom. The normalized spacial score (nSPS) is 13.7. The maximum Gasteiger partial charge on any atom is 0.282 e. The first-order valence-corrected chi connectivity index (χ1v) is 11.7. The minimum Gasteiger partial charge on any atom is -0.337 e. The second-order valence-corrected chi connectivity index (χ2v) is 8.39. The van der Waals surface area contributed by atoms with Crippen LogP contribution < -0.4 is 9.80 Å². The first-order chi connectivity index (χ1) is 16.0. The Morgan fingerprint density at radius 2 is 1.45 bits per heavy atom. The van der Waals surface area contributed by atoms with Gasteiger partial charge in [0.25, 0.3) is 11.8 Å². The van der Waals surface area contributed by atoms with Crippen molar-refractivity contribution in [3.8, 4) is 0 Å². The van der Waals surface area contributed by atoms with Gasteiger partial charge in [-0.25, -0.2) is 4.90 Å². The number of likely N-dealkylation sites (N-methyl/N-ethyl adjacent to an activating group) is 1. The highest BCUT2D eigenvalue weighted by molar-refractivity contribution is 6.46. The summed E-state index contributed by atoms with van der Waals surface area (Å²) in [6.07, 6.45) is 3.24. The summed E-state index contributed by atoms with van der Waals surface area (Å²) in [6.45, 7) is 6.74. The smallest absolute Gasteiger partial charge is 0.282 e. The molecule has 0 spiro atoms. The van der Waals surface area contributed by atoms with Crippen molar-refractivity contribution in [1.82, 2.24) is 0 Å². The van der Waals surface area contributed by atoms with Crippen LogP contribution in [-0.4, -0.2) is 18.4 Å². The Kier molecular flexibility index (Phi) is 6.74. The lowest BCUT2D eigenvalue weighted by atomic mass is 10.0. The van der Waals surface area contributed by atoms with E-state index in [4.69, 9.17) is 0 Å². The van der Waals surface area contributed by atoms with Crippen molar-refractivity contribution in [3.63, 3.8) is 0 Å². The predicted octanol–water partition coefficient (Wildman–Crippen LogP) is 6.15. The molecule has 4 heteroatoms. The summed E-state index contributed by atoms with van der Waals surface area (Å²) in [5, 5.41) is 0. The van der Waals surface area contributed by atoms with E-state index >= 15 is 0 Å². The standard InChI is InChI=1S/C29H30N2O2/c1-4-6-10-22-15-19-25(20-16-22)31-28(32)26(23-17-13-21(3)14-18-23)27(29(31)33)30(5-2)24-11-8-7-9-12-24/h7-9,11-20H,4-6,10H2,1-3H3. The summed E-state index contributed by atoms with van der Waals surface area (Å²) in [5.74, 6) is -0.572. The van der Waals surface area contributed by atoms with Crippen molar-refractivity contribution < 1.29 is 9.59 Å². The number of aryl methyl sites for hydroxylation is 2. The molecule has 0 fully saturated rings. The Hall–Kier alpha value is -3.66. The van der Waals surface area contributed by atoms with Gasteiger partial charge in [-0.3, -0.25) is 9.59 Å². The van der Waals surface area contributed by atoms with Crippen molar-refractivity contribution in [2.24, 2.45) is 0 Å². The first-order valence-electron chi connectivity index (χ1n) is 11.7. The van der Waals surface area contributed by atoms with Gasteiger partial charge < -0.3 is 4.90 Å². The summed E-state index contributed by atoms with van der Waals surface area (Å²) in [4.78, 5) is 30.8. The van der Waals surface area contributed by atoms with E-state index in [-0.39, 0.29) is 11.8 Å². The highest BCUT2D eigenvalue weighted by atomic mass is 16.2. The zero-order valence-corrected chi connectivity index (χ0v) is 19.5. The third-order valence-electron chi connectivity index (χ3n) is 6.07. The summed E-state index contributed by atoms with van der Waals surface area (Å²) in [7, 11) is 0. The third kappa shape index (κ3) is 4.47. The van der Waals surface area contributed by atoms with Crippen molar-refractivity contribution in [3.05, 3.63) is 101 Å². The number of amides is 2.